The number of carboxylic acids is 1. The number of benzene rings is 2. The van der Waals surface area contributed by atoms with Crippen LogP contribution in [-0.2, 0) is 16.0 Å². The molecule has 30 heavy (non-hydrogen) atoms. The van der Waals surface area contributed by atoms with Gasteiger partial charge in [0.1, 0.15) is 5.69 Å². The maximum Gasteiger partial charge on any atom is 0.352 e. The number of nitrogens with zero attached hydrogens (tertiary/aromatic N) is 1. The Morgan fingerprint density at radius 3 is 2.50 bits per heavy atom. The van der Waals surface area contributed by atoms with Crippen LogP contribution in [0.5, 0.6) is 17.2 Å². The number of ether oxygens (including phenoxy) is 3. The van der Waals surface area contributed by atoms with E-state index in [-0.39, 0.29) is 47.0 Å². The second-order valence-electron chi connectivity index (χ2n) is 6.19. The zero-order valence-electron chi connectivity index (χ0n) is 16.1. The van der Waals surface area contributed by atoms with Crippen molar-refractivity contribution in [3.05, 3.63) is 57.8 Å². The summed E-state index contributed by atoms with van der Waals surface area (Å²) in [6.45, 7) is 1.98. The van der Waals surface area contributed by atoms with E-state index in [9.17, 15) is 19.7 Å². The van der Waals surface area contributed by atoms with Gasteiger partial charge < -0.3 is 24.3 Å². The number of aromatic amines is 1. The maximum atomic E-state index is 11.7. The van der Waals surface area contributed by atoms with Crippen molar-refractivity contribution < 1.29 is 33.8 Å². The first-order valence-electron chi connectivity index (χ1n) is 8.87. The average Bonchev–Trinajstić information content (AvgIpc) is 3.13. The summed E-state index contributed by atoms with van der Waals surface area (Å²) >= 11 is 0. The van der Waals surface area contributed by atoms with Crippen LogP contribution in [0.4, 0.5) is 5.69 Å². The number of methoxy groups -OCH3 is 1. The molecular formula is C20H18N2O8. The fourth-order valence-electron chi connectivity index (χ4n) is 2.96. The van der Waals surface area contributed by atoms with Gasteiger partial charge in [-0.2, -0.15) is 0 Å². The van der Waals surface area contributed by atoms with Crippen molar-refractivity contribution in [3.63, 3.8) is 0 Å². The molecule has 10 heteroatoms. The second-order valence-corrected chi connectivity index (χ2v) is 6.19. The number of esters is 1. The minimum Gasteiger partial charge on any atom is -0.493 e. The summed E-state index contributed by atoms with van der Waals surface area (Å²) in [4.78, 5) is 36.5. The lowest BCUT2D eigenvalue weighted by Crippen LogP contribution is -2.07. The summed E-state index contributed by atoms with van der Waals surface area (Å²) in [6, 6.07) is 8.77. The third-order valence-electron chi connectivity index (χ3n) is 4.25. The molecule has 156 valence electrons. The van der Waals surface area contributed by atoms with Crippen molar-refractivity contribution in [2.75, 3.05) is 13.7 Å². The van der Waals surface area contributed by atoms with Crippen LogP contribution in [0.3, 0.4) is 0 Å². The highest BCUT2D eigenvalue weighted by Gasteiger charge is 2.24. The molecular weight excluding hydrogens is 396 g/mol. The summed E-state index contributed by atoms with van der Waals surface area (Å²) in [5.41, 5.74) is 0.364. The van der Waals surface area contributed by atoms with Gasteiger partial charge in [-0.1, -0.05) is 6.07 Å². The number of nitro groups is 1. The number of aromatic nitrogens is 1. The Hall–Kier alpha value is -4.08. The molecule has 3 rings (SSSR count). The van der Waals surface area contributed by atoms with Crippen molar-refractivity contribution in [2.45, 2.75) is 13.3 Å². The average molecular weight is 414 g/mol. The third-order valence-corrected chi connectivity index (χ3v) is 4.25. The summed E-state index contributed by atoms with van der Waals surface area (Å²) < 4.78 is 15.9. The molecule has 0 amide bonds. The summed E-state index contributed by atoms with van der Waals surface area (Å²) in [5, 5.41) is 20.9. The van der Waals surface area contributed by atoms with E-state index in [2.05, 4.69) is 4.98 Å². The zero-order valence-corrected chi connectivity index (χ0v) is 16.1. The molecule has 1 heterocycles. The van der Waals surface area contributed by atoms with Crippen LogP contribution in [-0.4, -0.2) is 40.7 Å². The Labute approximate surface area is 170 Å². The SMILES string of the molecule is CCOC(=O)Cc1ccc(Oc2ccc3[nH]c(C(=O)O)cc3c2[N+](=O)[O-])c(OC)c1. The van der Waals surface area contributed by atoms with Gasteiger partial charge in [-0.05, 0) is 42.8 Å². The molecule has 0 saturated carbocycles. The smallest absolute Gasteiger partial charge is 0.352 e. The molecule has 2 N–H and O–H groups in total. The van der Waals surface area contributed by atoms with Gasteiger partial charge in [0.05, 0.1) is 36.0 Å². The predicted octanol–water partition coefficient (Wildman–Crippen LogP) is 3.68. The van der Waals surface area contributed by atoms with Crippen molar-refractivity contribution in [3.8, 4) is 17.2 Å². The third kappa shape index (κ3) is 4.17. The standard InChI is InChI=1S/C20H18N2O8/c1-3-29-18(23)9-11-4-6-15(17(8-11)28-2)30-16-7-5-13-12(19(16)22(26)27)10-14(21-13)20(24)25/h4-8,10,21H,3,9H2,1-2H3,(H,24,25). The molecule has 0 fully saturated rings. The van der Waals surface area contributed by atoms with Crippen molar-refractivity contribution >= 4 is 28.5 Å². The van der Waals surface area contributed by atoms with Crippen molar-refractivity contribution in [1.29, 1.82) is 0 Å². The van der Waals surface area contributed by atoms with E-state index in [1.54, 1.807) is 19.1 Å². The number of fused-ring (bicyclic) bond motifs is 1. The van der Waals surface area contributed by atoms with Gasteiger partial charge in [0, 0.05) is 0 Å². The van der Waals surface area contributed by atoms with Crippen LogP contribution in [0.25, 0.3) is 10.9 Å². The Morgan fingerprint density at radius 1 is 1.13 bits per heavy atom. The molecule has 0 aliphatic carbocycles. The van der Waals surface area contributed by atoms with Gasteiger partial charge in [0.25, 0.3) is 0 Å². The number of H-pyrrole nitrogens is 1. The topological polar surface area (TPSA) is 141 Å². The van der Waals surface area contributed by atoms with Gasteiger partial charge in [-0.3, -0.25) is 14.9 Å². The van der Waals surface area contributed by atoms with Crippen LogP contribution in [0.2, 0.25) is 0 Å². The highest BCUT2D eigenvalue weighted by molar-refractivity contribution is 5.99. The van der Waals surface area contributed by atoms with Crippen molar-refractivity contribution in [2.24, 2.45) is 0 Å². The lowest BCUT2D eigenvalue weighted by molar-refractivity contribution is -0.383. The minimum absolute atomic E-state index is 0.0396. The number of carbonyl (C=O) groups is 2. The molecule has 0 aliphatic rings. The fourth-order valence-corrected chi connectivity index (χ4v) is 2.96. The molecule has 10 nitrogen and oxygen atoms in total. The van der Waals surface area contributed by atoms with E-state index in [1.807, 2.05) is 0 Å². The molecule has 0 saturated heterocycles. The maximum absolute atomic E-state index is 11.7. The van der Waals surface area contributed by atoms with E-state index in [4.69, 9.17) is 19.3 Å². The fraction of sp³-hybridized carbons (Fsp3) is 0.200. The van der Waals surface area contributed by atoms with Crippen LogP contribution < -0.4 is 9.47 Å². The van der Waals surface area contributed by atoms with Crippen LogP contribution >= 0.6 is 0 Å². The van der Waals surface area contributed by atoms with Crippen molar-refractivity contribution in [1.82, 2.24) is 4.98 Å². The van der Waals surface area contributed by atoms with Crippen LogP contribution in [0.1, 0.15) is 23.0 Å². The van der Waals surface area contributed by atoms with Gasteiger partial charge in [-0.25, -0.2) is 4.79 Å². The number of carboxylic acid groups (broad SMARTS) is 1. The number of hydrogen-bond acceptors (Lipinski definition) is 7. The number of aromatic carboxylic acids is 1. The summed E-state index contributed by atoms with van der Waals surface area (Å²) in [6.07, 6.45) is 0.0396. The molecule has 2 aromatic carbocycles. The zero-order chi connectivity index (χ0) is 21.8. The van der Waals surface area contributed by atoms with E-state index in [0.29, 0.717) is 11.1 Å². The normalized spacial score (nSPS) is 10.6. The first-order valence-corrected chi connectivity index (χ1v) is 8.87. The summed E-state index contributed by atoms with van der Waals surface area (Å²) in [5.74, 6) is -1.24. The van der Waals surface area contributed by atoms with E-state index in [0.717, 1.165) is 0 Å². The molecule has 0 aliphatic heterocycles. The summed E-state index contributed by atoms with van der Waals surface area (Å²) in [7, 11) is 1.40. The van der Waals surface area contributed by atoms with Crippen LogP contribution in [0, 0.1) is 10.1 Å². The Kier molecular flexibility index (Phi) is 5.86. The molecule has 0 bridgehead atoms. The lowest BCUT2D eigenvalue weighted by atomic mass is 10.1. The number of nitro benzene ring substituents is 1. The minimum atomic E-state index is -1.23. The van der Waals surface area contributed by atoms with Gasteiger partial charge in [-0.15, -0.1) is 0 Å². The quantitative estimate of drug-likeness (QED) is 0.323. The number of nitrogens with one attached hydrogen (secondary N) is 1. The van der Waals surface area contributed by atoms with Gasteiger partial charge in [0.2, 0.25) is 5.75 Å². The largest absolute Gasteiger partial charge is 0.493 e. The van der Waals surface area contributed by atoms with E-state index >= 15 is 0 Å². The first-order chi connectivity index (χ1) is 14.3. The Bertz CT molecular complexity index is 1140. The second kappa shape index (κ2) is 8.52. The van der Waals surface area contributed by atoms with E-state index < -0.39 is 16.9 Å². The molecule has 0 spiro atoms. The molecule has 1 aromatic heterocycles. The first kappa shape index (κ1) is 20.6. The van der Waals surface area contributed by atoms with Gasteiger partial charge in [0.15, 0.2) is 11.5 Å². The highest BCUT2D eigenvalue weighted by Crippen LogP contribution is 2.40. The number of carbonyl (C=O) groups excluding carboxylic acids is 1. The highest BCUT2D eigenvalue weighted by atomic mass is 16.6. The predicted molar refractivity (Wildman–Crippen MR) is 105 cm³/mol. The van der Waals surface area contributed by atoms with Gasteiger partial charge >= 0.3 is 17.6 Å². The molecule has 0 radical (unpaired) electrons. The lowest BCUT2D eigenvalue weighted by Gasteiger charge is -2.12. The Morgan fingerprint density at radius 2 is 1.87 bits per heavy atom. The molecule has 3 aromatic rings. The number of rotatable bonds is 8. The molecule has 0 unspecified atom stereocenters. The van der Waals surface area contributed by atoms with Crippen LogP contribution in [0.15, 0.2) is 36.4 Å². The molecule has 0 atom stereocenters. The van der Waals surface area contributed by atoms with E-state index in [1.165, 1.54) is 31.4 Å². The number of hydrogen-bond donors (Lipinski definition) is 2. The monoisotopic (exact) mass is 414 g/mol. The Balaban J connectivity index is 1.99.